The zero-order valence-electron chi connectivity index (χ0n) is 13.1. The number of nitrogens with zero attached hydrogens (tertiary/aromatic N) is 2. The lowest BCUT2D eigenvalue weighted by molar-refractivity contribution is 0.0950. The van der Waals surface area contributed by atoms with Gasteiger partial charge in [-0.3, -0.25) is 14.8 Å². The highest BCUT2D eigenvalue weighted by Crippen LogP contribution is 2.20. The van der Waals surface area contributed by atoms with Crippen molar-refractivity contribution in [3.63, 3.8) is 0 Å². The topological polar surface area (TPSA) is 115 Å². The minimum atomic E-state index is -3.89. The molecule has 0 saturated carbocycles. The molecule has 0 aliphatic heterocycles. The normalized spacial score (nSPS) is 11.3. The molecule has 1 amide bonds. The summed E-state index contributed by atoms with van der Waals surface area (Å²) in [6, 6.07) is 2.91. The standard InChI is InChI=1S/C15H18N4O3S/c1-9-4-12(5-14(11(9)3)23(16,21)22)15(20)19-8-13-7-17-10(2)6-18-13/h4-7H,8H2,1-3H3,(H,19,20)(H2,16,21,22). The highest BCUT2D eigenvalue weighted by atomic mass is 32.2. The van der Waals surface area contributed by atoms with Crippen LogP contribution in [0.15, 0.2) is 29.4 Å². The minimum Gasteiger partial charge on any atom is -0.346 e. The van der Waals surface area contributed by atoms with E-state index in [0.29, 0.717) is 16.8 Å². The van der Waals surface area contributed by atoms with Crippen molar-refractivity contribution in [1.29, 1.82) is 0 Å². The monoisotopic (exact) mass is 334 g/mol. The number of rotatable bonds is 4. The Kier molecular flexibility index (Phi) is 4.76. The Hall–Kier alpha value is -2.32. The molecule has 1 aromatic carbocycles. The fourth-order valence-corrected chi connectivity index (χ4v) is 2.92. The summed E-state index contributed by atoms with van der Waals surface area (Å²) in [5, 5.41) is 7.88. The predicted molar refractivity (Wildman–Crippen MR) is 85.2 cm³/mol. The van der Waals surface area contributed by atoms with Crippen molar-refractivity contribution in [3.8, 4) is 0 Å². The van der Waals surface area contributed by atoms with E-state index in [1.807, 2.05) is 6.92 Å². The van der Waals surface area contributed by atoms with Gasteiger partial charge in [-0.15, -0.1) is 0 Å². The number of aromatic nitrogens is 2. The van der Waals surface area contributed by atoms with Crippen LogP contribution >= 0.6 is 0 Å². The summed E-state index contributed by atoms with van der Waals surface area (Å²) >= 11 is 0. The molecule has 0 fully saturated rings. The Morgan fingerprint density at radius 3 is 2.43 bits per heavy atom. The molecule has 0 unspecified atom stereocenters. The van der Waals surface area contributed by atoms with Gasteiger partial charge >= 0.3 is 0 Å². The van der Waals surface area contributed by atoms with Crippen LogP contribution in [0.2, 0.25) is 0 Å². The van der Waals surface area contributed by atoms with Crippen LogP contribution in [0.5, 0.6) is 0 Å². The van der Waals surface area contributed by atoms with E-state index in [1.54, 1.807) is 32.3 Å². The number of primary sulfonamides is 1. The molecule has 0 saturated heterocycles. The maximum Gasteiger partial charge on any atom is 0.251 e. The van der Waals surface area contributed by atoms with Crippen molar-refractivity contribution in [2.45, 2.75) is 32.2 Å². The van der Waals surface area contributed by atoms with Gasteiger partial charge in [-0.25, -0.2) is 13.6 Å². The second-order valence-electron chi connectivity index (χ2n) is 5.29. The molecule has 3 N–H and O–H groups in total. The molecule has 8 heteroatoms. The van der Waals surface area contributed by atoms with E-state index in [1.165, 1.54) is 6.07 Å². The van der Waals surface area contributed by atoms with Crippen LogP contribution in [-0.4, -0.2) is 24.3 Å². The van der Waals surface area contributed by atoms with Crippen molar-refractivity contribution in [3.05, 3.63) is 52.6 Å². The van der Waals surface area contributed by atoms with E-state index in [0.717, 1.165) is 5.69 Å². The van der Waals surface area contributed by atoms with E-state index in [-0.39, 0.29) is 17.0 Å². The summed E-state index contributed by atoms with van der Waals surface area (Å²) in [7, 11) is -3.89. The molecule has 122 valence electrons. The second-order valence-corrected chi connectivity index (χ2v) is 6.82. The Morgan fingerprint density at radius 1 is 1.17 bits per heavy atom. The first-order valence-electron chi connectivity index (χ1n) is 6.88. The molecule has 0 bridgehead atoms. The lowest BCUT2D eigenvalue weighted by Gasteiger charge is -2.11. The minimum absolute atomic E-state index is 0.0437. The second kappa shape index (κ2) is 6.43. The number of nitrogens with one attached hydrogen (secondary N) is 1. The molecule has 0 aliphatic rings. The number of hydrogen-bond donors (Lipinski definition) is 2. The van der Waals surface area contributed by atoms with Gasteiger partial charge in [0, 0.05) is 11.8 Å². The fraction of sp³-hybridized carbons (Fsp3) is 0.267. The predicted octanol–water partition coefficient (Wildman–Crippen LogP) is 0.979. The number of nitrogens with two attached hydrogens (primary N) is 1. The largest absolute Gasteiger partial charge is 0.346 e. The number of aryl methyl sites for hydroxylation is 2. The summed E-state index contributed by atoms with van der Waals surface area (Å²) in [5.74, 6) is -0.402. The van der Waals surface area contributed by atoms with Crippen molar-refractivity contribution >= 4 is 15.9 Å². The third-order valence-corrected chi connectivity index (χ3v) is 4.49. The highest BCUT2D eigenvalue weighted by Gasteiger charge is 2.17. The van der Waals surface area contributed by atoms with Gasteiger partial charge in [0.15, 0.2) is 0 Å². The molecule has 0 radical (unpaired) electrons. The van der Waals surface area contributed by atoms with Crippen LogP contribution in [-0.2, 0) is 16.6 Å². The Balaban J connectivity index is 2.22. The molecule has 0 spiro atoms. The van der Waals surface area contributed by atoms with Gasteiger partial charge in [0.2, 0.25) is 10.0 Å². The number of amides is 1. The first kappa shape index (κ1) is 17.0. The molecule has 23 heavy (non-hydrogen) atoms. The number of carbonyl (C=O) groups is 1. The first-order chi connectivity index (χ1) is 10.7. The van der Waals surface area contributed by atoms with Crippen molar-refractivity contribution < 1.29 is 13.2 Å². The lowest BCUT2D eigenvalue weighted by atomic mass is 10.1. The Bertz CT molecular complexity index is 846. The quantitative estimate of drug-likeness (QED) is 0.865. The van der Waals surface area contributed by atoms with E-state index >= 15 is 0 Å². The fourth-order valence-electron chi connectivity index (χ4n) is 2.04. The molecule has 1 heterocycles. The van der Waals surface area contributed by atoms with Crippen LogP contribution in [0.3, 0.4) is 0 Å². The number of hydrogen-bond acceptors (Lipinski definition) is 5. The average Bonchev–Trinajstić information content (AvgIpc) is 2.47. The summed E-state index contributed by atoms with van der Waals surface area (Å²) in [4.78, 5) is 20.4. The lowest BCUT2D eigenvalue weighted by Crippen LogP contribution is -2.24. The van der Waals surface area contributed by atoms with Crippen molar-refractivity contribution in [2.75, 3.05) is 0 Å². The van der Waals surface area contributed by atoms with Crippen LogP contribution in [0.25, 0.3) is 0 Å². The smallest absolute Gasteiger partial charge is 0.251 e. The summed E-state index contributed by atoms with van der Waals surface area (Å²) in [6.45, 7) is 5.40. The average molecular weight is 334 g/mol. The molecular weight excluding hydrogens is 316 g/mol. The third kappa shape index (κ3) is 4.11. The molecule has 0 aliphatic carbocycles. The van der Waals surface area contributed by atoms with Gasteiger partial charge in [-0.1, -0.05) is 0 Å². The van der Waals surface area contributed by atoms with E-state index in [4.69, 9.17) is 5.14 Å². The SMILES string of the molecule is Cc1cnc(CNC(=O)c2cc(C)c(C)c(S(N)(=O)=O)c2)cn1. The maximum absolute atomic E-state index is 12.2. The zero-order valence-corrected chi connectivity index (χ0v) is 13.9. The highest BCUT2D eigenvalue weighted by molar-refractivity contribution is 7.89. The van der Waals surface area contributed by atoms with Gasteiger partial charge in [0.25, 0.3) is 5.91 Å². The van der Waals surface area contributed by atoms with E-state index in [9.17, 15) is 13.2 Å². The maximum atomic E-state index is 12.2. The van der Waals surface area contributed by atoms with E-state index < -0.39 is 15.9 Å². The summed E-state index contributed by atoms with van der Waals surface area (Å²) in [6.07, 6.45) is 3.18. The summed E-state index contributed by atoms with van der Waals surface area (Å²) in [5.41, 5.74) is 2.84. The number of benzene rings is 1. The van der Waals surface area contributed by atoms with Crippen LogP contribution in [0.1, 0.15) is 32.9 Å². The zero-order chi connectivity index (χ0) is 17.2. The van der Waals surface area contributed by atoms with Gasteiger partial charge in [0.05, 0.1) is 29.0 Å². The Labute approximate surface area is 135 Å². The van der Waals surface area contributed by atoms with Crippen molar-refractivity contribution in [2.24, 2.45) is 5.14 Å². The van der Waals surface area contributed by atoms with Gasteiger partial charge in [-0.05, 0) is 44.0 Å². The first-order valence-corrected chi connectivity index (χ1v) is 8.43. The molecule has 0 atom stereocenters. The van der Waals surface area contributed by atoms with E-state index in [2.05, 4.69) is 15.3 Å². The van der Waals surface area contributed by atoms with Crippen molar-refractivity contribution in [1.82, 2.24) is 15.3 Å². The number of carbonyl (C=O) groups excluding carboxylic acids is 1. The molecule has 2 aromatic rings. The summed E-state index contributed by atoms with van der Waals surface area (Å²) < 4.78 is 23.2. The van der Waals surface area contributed by atoms with Gasteiger partial charge < -0.3 is 5.32 Å². The third-order valence-electron chi connectivity index (χ3n) is 3.45. The number of sulfonamides is 1. The van der Waals surface area contributed by atoms with Gasteiger partial charge in [-0.2, -0.15) is 0 Å². The molecule has 1 aromatic heterocycles. The molecular formula is C15H18N4O3S. The Morgan fingerprint density at radius 2 is 1.87 bits per heavy atom. The van der Waals surface area contributed by atoms with Gasteiger partial charge in [0.1, 0.15) is 0 Å². The molecule has 7 nitrogen and oxygen atoms in total. The van der Waals surface area contributed by atoms with Crippen LogP contribution < -0.4 is 10.5 Å². The van der Waals surface area contributed by atoms with Crippen LogP contribution in [0.4, 0.5) is 0 Å². The van der Waals surface area contributed by atoms with Crippen LogP contribution in [0, 0.1) is 20.8 Å². The molecule has 2 rings (SSSR count).